The summed E-state index contributed by atoms with van der Waals surface area (Å²) in [5.41, 5.74) is 20.7. The number of benzene rings is 8. The van der Waals surface area contributed by atoms with Crippen LogP contribution in [0.15, 0.2) is 170 Å². The Bertz CT molecular complexity index is 2970. The smallest absolute Gasteiger partial charge is 0.0541 e. The van der Waals surface area contributed by atoms with Crippen molar-refractivity contribution in [1.29, 1.82) is 0 Å². The van der Waals surface area contributed by atoms with Crippen LogP contribution in [0.1, 0.15) is 48.9 Å². The van der Waals surface area contributed by atoms with Crippen LogP contribution in [0, 0.1) is 0 Å². The fourth-order valence-corrected chi connectivity index (χ4v) is 9.67. The van der Waals surface area contributed by atoms with Gasteiger partial charge in [-0.15, -0.1) is 0 Å². The standard InChI is InChI=1S/C55H44N2/c1-3-11-36-13-9-15-44(29-36)56-52-19-7-5-17-46(52)50-34-40(25-27-54(50)56)38-21-23-42-31-43-24-22-39(33-49(43)48(42)32-38)41-26-28-55-51(35-41)47-18-6-8-20-53(47)57(55)45-16-10-14-37(30-45)12-4-2/h5-10,13-30,32-35H,3-4,11-12,31H2,1-2H3. The molecule has 10 aromatic rings. The Morgan fingerprint density at radius 1 is 0.368 bits per heavy atom. The fourth-order valence-electron chi connectivity index (χ4n) is 9.67. The van der Waals surface area contributed by atoms with Crippen LogP contribution < -0.4 is 0 Å². The van der Waals surface area contributed by atoms with Gasteiger partial charge in [0.1, 0.15) is 0 Å². The topological polar surface area (TPSA) is 9.86 Å². The van der Waals surface area contributed by atoms with Crippen molar-refractivity contribution in [3.8, 4) is 44.8 Å². The van der Waals surface area contributed by atoms with Gasteiger partial charge in [0.2, 0.25) is 0 Å². The number of rotatable bonds is 8. The van der Waals surface area contributed by atoms with Crippen molar-refractivity contribution in [1.82, 2.24) is 9.13 Å². The van der Waals surface area contributed by atoms with E-state index in [-0.39, 0.29) is 0 Å². The van der Waals surface area contributed by atoms with Crippen LogP contribution in [0.5, 0.6) is 0 Å². The summed E-state index contributed by atoms with van der Waals surface area (Å²) in [5.74, 6) is 0. The van der Waals surface area contributed by atoms with Crippen molar-refractivity contribution in [3.63, 3.8) is 0 Å². The molecular weight excluding hydrogens is 689 g/mol. The molecule has 0 radical (unpaired) electrons. The van der Waals surface area contributed by atoms with E-state index in [0.29, 0.717) is 0 Å². The summed E-state index contributed by atoms with van der Waals surface area (Å²) in [6.07, 6.45) is 5.44. The van der Waals surface area contributed by atoms with Gasteiger partial charge in [0.05, 0.1) is 22.1 Å². The molecule has 8 aromatic carbocycles. The Balaban J connectivity index is 0.985. The zero-order valence-corrected chi connectivity index (χ0v) is 32.6. The Morgan fingerprint density at radius 3 is 1.26 bits per heavy atom. The van der Waals surface area contributed by atoms with E-state index >= 15 is 0 Å². The van der Waals surface area contributed by atoms with Crippen molar-refractivity contribution in [2.45, 2.75) is 46.0 Å². The molecule has 2 heterocycles. The van der Waals surface area contributed by atoms with Gasteiger partial charge in [-0.3, -0.25) is 0 Å². The van der Waals surface area contributed by atoms with E-state index in [1.807, 2.05) is 0 Å². The molecule has 0 unspecified atom stereocenters. The molecule has 11 rings (SSSR count). The highest BCUT2D eigenvalue weighted by Crippen LogP contribution is 2.43. The van der Waals surface area contributed by atoms with Crippen LogP contribution in [-0.4, -0.2) is 9.13 Å². The van der Waals surface area contributed by atoms with E-state index in [1.165, 1.54) is 111 Å². The number of hydrogen-bond acceptors (Lipinski definition) is 0. The summed E-state index contributed by atoms with van der Waals surface area (Å²) in [6, 6.07) is 64.1. The molecule has 0 amide bonds. The summed E-state index contributed by atoms with van der Waals surface area (Å²) in [6.45, 7) is 4.50. The minimum Gasteiger partial charge on any atom is -0.309 e. The molecule has 57 heavy (non-hydrogen) atoms. The second kappa shape index (κ2) is 13.5. The molecule has 1 aliphatic rings. The quantitative estimate of drug-likeness (QED) is 0.147. The third kappa shape index (κ3) is 5.54. The molecule has 0 saturated carbocycles. The molecule has 0 N–H and O–H groups in total. The van der Waals surface area contributed by atoms with Crippen molar-refractivity contribution in [2.75, 3.05) is 0 Å². The monoisotopic (exact) mass is 732 g/mol. The predicted molar refractivity (Wildman–Crippen MR) is 242 cm³/mol. The number of aryl methyl sites for hydroxylation is 2. The maximum Gasteiger partial charge on any atom is 0.0541 e. The van der Waals surface area contributed by atoms with Crippen LogP contribution in [0.2, 0.25) is 0 Å². The summed E-state index contributed by atoms with van der Waals surface area (Å²) < 4.78 is 4.88. The van der Waals surface area contributed by atoms with Gasteiger partial charge in [0, 0.05) is 32.9 Å². The number of aromatic nitrogens is 2. The van der Waals surface area contributed by atoms with E-state index in [2.05, 4.69) is 193 Å². The first kappa shape index (κ1) is 33.7. The predicted octanol–water partition coefficient (Wildman–Crippen LogP) is 14.7. The Hall–Kier alpha value is -6.64. The molecule has 0 saturated heterocycles. The molecular formula is C55H44N2. The lowest BCUT2D eigenvalue weighted by Gasteiger charge is -2.11. The molecule has 2 heteroatoms. The Kier molecular flexibility index (Phi) is 8.00. The van der Waals surface area contributed by atoms with Crippen LogP contribution in [0.4, 0.5) is 0 Å². The van der Waals surface area contributed by atoms with Gasteiger partial charge in [-0.25, -0.2) is 0 Å². The second-order valence-corrected chi connectivity index (χ2v) is 15.9. The normalized spacial score (nSPS) is 12.2. The molecule has 2 aromatic heterocycles. The Labute approximate surface area is 334 Å². The highest BCUT2D eigenvalue weighted by Gasteiger charge is 2.21. The van der Waals surface area contributed by atoms with Gasteiger partial charge in [0.15, 0.2) is 0 Å². The van der Waals surface area contributed by atoms with Gasteiger partial charge in [-0.2, -0.15) is 0 Å². The fraction of sp³-hybridized carbons (Fsp3) is 0.127. The third-order valence-corrected chi connectivity index (χ3v) is 12.3. The summed E-state index contributed by atoms with van der Waals surface area (Å²) in [5, 5.41) is 5.16. The summed E-state index contributed by atoms with van der Waals surface area (Å²) in [7, 11) is 0. The number of para-hydroxylation sites is 2. The van der Waals surface area contributed by atoms with E-state index < -0.39 is 0 Å². The number of hydrogen-bond donors (Lipinski definition) is 0. The molecule has 0 bridgehead atoms. The lowest BCUT2D eigenvalue weighted by Crippen LogP contribution is -1.95. The number of fused-ring (bicyclic) bond motifs is 9. The molecule has 1 aliphatic carbocycles. The molecule has 0 atom stereocenters. The molecule has 0 aliphatic heterocycles. The van der Waals surface area contributed by atoms with Crippen molar-refractivity contribution < 1.29 is 0 Å². The van der Waals surface area contributed by atoms with Gasteiger partial charge in [-0.05, 0) is 148 Å². The SMILES string of the molecule is CCCc1cccc(-n2c3ccccc3c3cc(-c4ccc5c(c4)-c4cc(-c6ccc7c(c6)c6ccccc6n7-c6cccc(CCC)c6)ccc4C5)ccc32)c1. The minimum atomic E-state index is 0.971. The zero-order valence-electron chi connectivity index (χ0n) is 32.6. The lowest BCUT2D eigenvalue weighted by molar-refractivity contribution is 0.919. The van der Waals surface area contributed by atoms with Gasteiger partial charge in [0.25, 0.3) is 0 Å². The average Bonchev–Trinajstić information content (AvgIpc) is 3.91. The van der Waals surface area contributed by atoms with E-state index in [4.69, 9.17) is 0 Å². The highest BCUT2D eigenvalue weighted by molar-refractivity contribution is 6.11. The third-order valence-electron chi connectivity index (χ3n) is 12.3. The minimum absolute atomic E-state index is 0.971. The summed E-state index contributed by atoms with van der Waals surface area (Å²) >= 11 is 0. The Morgan fingerprint density at radius 2 is 0.789 bits per heavy atom. The first-order chi connectivity index (χ1) is 28.1. The largest absolute Gasteiger partial charge is 0.309 e. The molecule has 0 spiro atoms. The van der Waals surface area contributed by atoms with E-state index in [1.54, 1.807) is 0 Å². The van der Waals surface area contributed by atoms with Gasteiger partial charge < -0.3 is 9.13 Å². The average molecular weight is 733 g/mol. The highest BCUT2D eigenvalue weighted by atomic mass is 15.0. The molecule has 0 fully saturated rings. The van der Waals surface area contributed by atoms with E-state index in [0.717, 1.165) is 32.1 Å². The van der Waals surface area contributed by atoms with Crippen LogP contribution in [0.3, 0.4) is 0 Å². The molecule has 2 nitrogen and oxygen atoms in total. The van der Waals surface area contributed by atoms with Gasteiger partial charge in [-0.1, -0.05) is 124 Å². The maximum atomic E-state index is 2.44. The zero-order chi connectivity index (χ0) is 38.0. The lowest BCUT2D eigenvalue weighted by atomic mass is 9.95. The van der Waals surface area contributed by atoms with Crippen LogP contribution in [-0.2, 0) is 19.3 Å². The van der Waals surface area contributed by atoms with Crippen LogP contribution >= 0.6 is 0 Å². The first-order valence-electron chi connectivity index (χ1n) is 20.7. The first-order valence-corrected chi connectivity index (χ1v) is 20.7. The molecule has 274 valence electrons. The summed E-state index contributed by atoms with van der Waals surface area (Å²) in [4.78, 5) is 0. The van der Waals surface area contributed by atoms with Crippen molar-refractivity contribution in [3.05, 3.63) is 192 Å². The van der Waals surface area contributed by atoms with Crippen molar-refractivity contribution in [2.24, 2.45) is 0 Å². The van der Waals surface area contributed by atoms with Crippen LogP contribution in [0.25, 0.3) is 88.4 Å². The number of nitrogens with zero attached hydrogens (tertiary/aromatic N) is 2. The second-order valence-electron chi connectivity index (χ2n) is 15.9. The van der Waals surface area contributed by atoms with Crippen molar-refractivity contribution >= 4 is 43.6 Å². The van der Waals surface area contributed by atoms with Gasteiger partial charge >= 0.3 is 0 Å². The van der Waals surface area contributed by atoms with E-state index in [9.17, 15) is 0 Å². The maximum absolute atomic E-state index is 2.44.